The zero-order chi connectivity index (χ0) is 10.0. The van der Waals surface area contributed by atoms with E-state index in [1.807, 2.05) is 0 Å². The summed E-state index contributed by atoms with van der Waals surface area (Å²) in [7, 11) is 0. The molecule has 1 rings (SSSR count). The third-order valence-electron chi connectivity index (χ3n) is 1.41. The molecule has 0 spiro atoms. The van der Waals surface area contributed by atoms with E-state index in [-0.39, 0.29) is 16.8 Å². The standard InChI is InChI=1S/C8H5Cl2NO2/c9-7(12)4-1-5(8(10)13)3-6(11)2-4/h1-3H,11H2. The van der Waals surface area contributed by atoms with Crippen molar-refractivity contribution in [1.82, 2.24) is 0 Å². The van der Waals surface area contributed by atoms with Gasteiger partial charge < -0.3 is 5.73 Å². The lowest BCUT2D eigenvalue weighted by Crippen LogP contribution is -1.98. The fraction of sp³-hybridized carbons (Fsp3) is 0. The molecule has 5 heteroatoms. The number of carbonyl (C=O) groups excluding carboxylic acids is 2. The minimum atomic E-state index is -0.675. The van der Waals surface area contributed by atoms with Crippen molar-refractivity contribution in [3.8, 4) is 0 Å². The normalized spacial score (nSPS) is 9.69. The zero-order valence-electron chi connectivity index (χ0n) is 6.38. The Kier molecular flexibility index (Phi) is 2.90. The molecule has 1 aromatic rings. The number of anilines is 1. The number of benzene rings is 1. The van der Waals surface area contributed by atoms with Crippen LogP contribution in [0.4, 0.5) is 5.69 Å². The number of halogens is 2. The quantitative estimate of drug-likeness (QED) is 0.610. The molecule has 0 aliphatic carbocycles. The maximum Gasteiger partial charge on any atom is 0.252 e. The molecule has 0 atom stereocenters. The lowest BCUT2D eigenvalue weighted by atomic mass is 10.1. The van der Waals surface area contributed by atoms with E-state index in [0.717, 1.165) is 0 Å². The van der Waals surface area contributed by atoms with Crippen molar-refractivity contribution >= 4 is 39.4 Å². The highest BCUT2D eigenvalue weighted by Gasteiger charge is 2.08. The molecule has 0 aliphatic heterocycles. The molecule has 0 aliphatic rings. The largest absolute Gasteiger partial charge is 0.399 e. The van der Waals surface area contributed by atoms with Crippen molar-refractivity contribution in [2.24, 2.45) is 0 Å². The van der Waals surface area contributed by atoms with Crippen molar-refractivity contribution in [2.45, 2.75) is 0 Å². The van der Waals surface area contributed by atoms with Crippen LogP contribution in [0, 0.1) is 0 Å². The lowest BCUT2D eigenvalue weighted by Gasteiger charge is -1.99. The van der Waals surface area contributed by atoms with Gasteiger partial charge >= 0.3 is 0 Å². The van der Waals surface area contributed by atoms with Crippen LogP contribution in [0.5, 0.6) is 0 Å². The molecule has 0 fully saturated rings. The van der Waals surface area contributed by atoms with Crippen LogP contribution >= 0.6 is 23.2 Å². The van der Waals surface area contributed by atoms with Crippen molar-refractivity contribution in [3.63, 3.8) is 0 Å². The Morgan fingerprint density at radius 2 is 1.38 bits per heavy atom. The van der Waals surface area contributed by atoms with E-state index >= 15 is 0 Å². The minimum Gasteiger partial charge on any atom is -0.399 e. The van der Waals surface area contributed by atoms with Gasteiger partial charge in [0.25, 0.3) is 10.5 Å². The summed E-state index contributed by atoms with van der Waals surface area (Å²) in [5, 5.41) is -1.35. The molecule has 3 nitrogen and oxygen atoms in total. The van der Waals surface area contributed by atoms with E-state index < -0.39 is 10.5 Å². The summed E-state index contributed by atoms with van der Waals surface area (Å²) in [6.07, 6.45) is 0. The van der Waals surface area contributed by atoms with Crippen LogP contribution in [0.2, 0.25) is 0 Å². The Hall–Kier alpha value is -1.06. The average molecular weight is 218 g/mol. The van der Waals surface area contributed by atoms with Crippen LogP contribution in [0.3, 0.4) is 0 Å². The Labute approximate surface area is 84.4 Å². The predicted octanol–water partition coefficient (Wildman–Crippen LogP) is 2.03. The van der Waals surface area contributed by atoms with E-state index in [9.17, 15) is 9.59 Å². The number of nitrogen functional groups attached to an aromatic ring is 1. The predicted molar refractivity (Wildman–Crippen MR) is 51.2 cm³/mol. The molecule has 0 aromatic heterocycles. The van der Waals surface area contributed by atoms with E-state index in [4.69, 9.17) is 28.9 Å². The van der Waals surface area contributed by atoms with Crippen LogP contribution in [0.15, 0.2) is 18.2 Å². The molecule has 0 unspecified atom stereocenters. The molecule has 0 amide bonds. The molecule has 0 saturated heterocycles. The molecular weight excluding hydrogens is 213 g/mol. The number of carbonyl (C=O) groups is 2. The Balaban J connectivity index is 3.26. The molecule has 0 heterocycles. The highest BCUT2D eigenvalue weighted by atomic mass is 35.5. The van der Waals surface area contributed by atoms with Gasteiger partial charge in [-0.1, -0.05) is 0 Å². The fourth-order valence-electron chi connectivity index (χ4n) is 0.879. The van der Waals surface area contributed by atoms with Crippen molar-refractivity contribution in [3.05, 3.63) is 29.3 Å². The molecule has 2 N–H and O–H groups in total. The SMILES string of the molecule is Nc1cc(C(=O)Cl)cc(C(=O)Cl)c1. The molecule has 13 heavy (non-hydrogen) atoms. The van der Waals surface area contributed by atoms with Gasteiger partial charge in [-0.15, -0.1) is 0 Å². The molecule has 68 valence electrons. The second kappa shape index (κ2) is 3.77. The second-order valence-corrected chi connectivity index (χ2v) is 3.08. The van der Waals surface area contributed by atoms with Gasteiger partial charge in [0.05, 0.1) is 0 Å². The molecular formula is C8H5Cl2NO2. The first kappa shape index (κ1) is 10.0. The van der Waals surface area contributed by atoms with Crippen LogP contribution < -0.4 is 5.73 Å². The first-order valence-electron chi connectivity index (χ1n) is 3.31. The Morgan fingerprint density at radius 1 is 1.00 bits per heavy atom. The van der Waals surface area contributed by atoms with Gasteiger partial charge in [0, 0.05) is 16.8 Å². The van der Waals surface area contributed by atoms with Crippen molar-refractivity contribution in [1.29, 1.82) is 0 Å². The van der Waals surface area contributed by atoms with E-state index in [1.54, 1.807) is 0 Å². The zero-order valence-corrected chi connectivity index (χ0v) is 7.89. The van der Waals surface area contributed by atoms with Gasteiger partial charge in [-0.3, -0.25) is 9.59 Å². The summed E-state index contributed by atoms with van der Waals surface area (Å²) < 4.78 is 0. The fourth-order valence-corrected chi connectivity index (χ4v) is 1.10. The van der Waals surface area contributed by atoms with E-state index in [2.05, 4.69) is 0 Å². The monoisotopic (exact) mass is 217 g/mol. The average Bonchev–Trinajstić information content (AvgIpc) is 2.03. The lowest BCUT2D eigenvalue weighted by molar-refractivity contribution is 0.108. The minimum absolute atomic E-state index is 0.158. The van der Waals surface area contributed by atoms with E-state index in [1.165, 1.54) is 18.2 Å². The summed E-state index contributed by atoms with van der Waals surface area (Å²) in [6, 6.07) is 4.04. The first-order valence-corrected chi connectivity index (χ1v) is 4.06. The Bertz CT molecular complexity index is 344. The molecule has 0 bridgehead atoms. The maximum atomic E-state index is 10.7. The highest BCUT2D eigenvalue weighted by molar-refractivity contribution is 6.69. The number of rotatable bonds is 2. The Morgan fingerprint density at radius 3 is 1.69 bits per heavy atom. The van der Waals surface area contributed by atoms with E-state index in [0.29, 0.717) is 0 Å². The summed E-state index contributed by atoms with van der Waals surface area (Å²) in [6.45, 7) is 0. The smallest absolute Gasteiger partial charge is 0.252 e. The van der Waals surface area contributed by atoms with Gasteiger partial charge in [-0.05, 0) is 41.4 Å². The topological polar surface area (TPSA) is 60.2 Å². The molecule has 1 aromatic carbocycles. The number of hydrogen-bond acceptors (Lipinski definition) is 3. The number of hydrogen-bond donors (Lipinski definition) is 1. The number of nitrogens with two attached hydrogens (primary N) is 1. The van der Waals surface area contributed by atoms with Gasteiger partial charge in [0.2, 0.25) is 0 Å². The van der Waals surface area contributed by atoms with Crippen LogP contribution in [-0.2, 0) is 0 Å². The second-order valence-electron chi connectivity index (χ2n) is 2.39. The van der Waals surface area contributed by atoms with Crippen LogP contribution in [0.1, 0.15) is 20.7 Å². The van der Waals surface area contributed by atoms with Crippen LogP contribution in [-0.4, -0.2) is 10.5 Å². The van der Waals surface area contributed by atoms with Gasteiger partial charge in [0.1, 0.15) is 0 Å². The summed E-state index contributed by atoms with van der Waals surface area (Å²) in [4.78, 5) is 21.5. The van der Waals surface area contributed by atoms with Gasteiger partial charge in [0.15, 0.2) is 0 Å². The first-order chi connectivity index (χ1) is 6.00. The summed E-state index contributed by atoms with van der Waals surface area (Å²) >= 11 is 10.4. The van der Waals surface area contributed by atoms with Gasteiger partial charge in [-0.2, -0.15) is 0 Å². The van der Waals surface area contributed by atoms with Crippen molar-refractivity contribution < 1.29 is 9.59 Å². The maximum absolute atomic E-state index is 10.7. The van der Waals surface area contributed by atoms with Crippen LogP contribution in [0.25, 0.3) is 0 Å². The highest BCUT2D eigenvalue weighted by Crippen LogP contribution is 2.15. The third kappa shape index (κ3) is 2.44. The molecule has 0 radical (unpaired) electrons. The summed E-state index contributed by atoms with van der Waals surface area (Å²) in [5.41, 5.74) is 6.00. The van der Waals surface area contributed by atoms with Gasteiger partial charge in [-0.25, -0.2) is 0 Å². The third-order valence-corrected chi connectivity index (χ3v) is 1.85. The summed E-state index contributed by atoms with van der Waals surface area (Å²) in [5.74, 6) is 0. The van der Waals surface area contributed by atoms with Crippen molar-refractivity contribution in [2.75, 3.05) is 5.73 Å². The molecule has 0 saturated carbocycles.